The van der Waals surface area contributed by atoms with Crippen LogP contribution in [0.5, 0.6) is 11.8 Å². The second-order valence-electron chi connectivity index (χ2n) is 16.9. The maximum Gasteiger partial charge on any atom is 0.408 e. The SMILES string of the molecule is CCOc1nnc(O[C@@H]2C[C@H]3C(=O)N[C@]4(C(=O)NS(=O)(=O)C5(C)CC5)C[C@H]4/C=C\CC[C@@H](C)C[C@@H](C)[C@H](NC(=O)OC(C)(C)C)C(=O)N3C2)c2ccccc12.[HH].[HH].[HH]. The van der Waals surface area contributed by atoms with Gasteiger partial charge in [0.2, 0.25) is 33.6 Å². The van der Waals surface area contributed by atoms with Crippen LogP contribution in [-0.4, -0.2) is 94.6 Å². The molecule has 6 rings (SSSR count). The lowest BCUT2D eigenvalue weighted by Crippen LogP contribution is -2.59. The van der Waals surface area contributed by atoms with Gasteiger partial charge >= 0.3 is 6.09 Å². The lowest BCUT2D eigenvalue weighted by molar-refractivity contribution is -0.142. The van der Waals surface area contributed by atoms with Crippen LogP contribution in [0.25, 0.3) is 10.8 Å². The van der Waals surface area contributed by atoms with Crippen molar-refractivity contribution in [3.05, 3.63) is 36.4 Å². The first kappa shape index (κ1) is 40.2. The van der Waals surface area contributed by atoms with Gasteiger partial charge in [-0.25, -0.2) is 13.2 Å². The fourth-order valence-electron chi connectivity index (χ4n) is 7.57. The van der Waals surface area contributed by atoms with Gasteiger partial charge in [0, 0.05) is 16.6 Å². The molecule has 15 nitrogen and oxygen atoms in total. The van der Waals surface area contributed by atoms with Crippen molar-refractivity contribution in [1.29, 1.82) is 0 Å². The topological polar surface area (TPSA) is 195 Å². The molecule has 0 bridgehead atoms. The van der Waals surface area contributed by atoms with Crippen LogP contribution in [-0.2, 0) is 29.1 Å². The summed E-state index contributed by atoms with van der Waals surface area (Å²) in [5.41, 5.74) is -2.37. The summed E-state index contributed by atoms with van der Waals surface area (Å²) in [5, 5.41) is 15.5. The van der Waals surface area contributed by atoms with Crippen molar-refractivity contribution in [2.45, 2.75) is 127 Å². The lowest BCUT2D eigenvalue weighted by atomic mass is 9.88. The highest BCUT2D eigenvalue weighted by Gasteiger charge is 2.63. The van der Waals surface area contributed by atoms with Crippen molar-refractivity contribution in [2.75, 3.05) is 13.2 Å². The third-order valence-electron chi connectivity index (χ3n) is 11.1. The largest absolute Gasteiger partial charge is 0.476 e. The van der Waals surface area contributed by atoms with Crippen molar-refractivity contribution >= 4 is 44.6 Å². The van der Waals surface area contributed by atoms with E-state index in [2.05, 4.69) is 32.5 Å². The van der Waals surface area contributed by atoms with E-state index in [0.717, 1.165) is 6.42 Å². The highest BCUT2D eigenvalue weighted by Crippen LogP contribution is 2.47. The van der Waals surface area contributed by atoms with Crippen LogP contribution in [0.4, 0.5) is 4.79 Å². The summed E-state index contributed by atoms with van der Waals surface area (Å²) in [4.78, 5) is 57.8. The van der Waals surface area contributed by atoms with E-state index in [4.69, 9.17) is 14.2 Å². The summed E-state index contributed by atoms with van der Waals surface area (Å²) in [7, 11) is -4.00. The predicted octanol–water partition coefficient (Wildman–Crippen LogP) is 4.89. The van der Waals surface area contributed by atoms with Gasteiger partial charge in [-0.15, -0.1) is 10.2 Å². The first-order valence-electron chi connectivity index (χ1n) is 19.3. The van der Waals surface area contributed by atoms with Crippen LogP contribution in [0.3, 0.4) is 0 Å². The molecule has 3 N–H and O–H groups in total. The van der Waals surface area contributed by atoms with Gasteiger partial charge in [-0.05, 0) is 97.1 Å². The molecule has 0 unspecified atom stereocenters. The van der Waals surface area contributed by atoms with E-state index in [-0.39, 0.29) is 41.4 Å². The summed E-state index contributed by atoms with van der Waals surface area (Å²) in [6.07, 6.45) is 5.40. The molecule has 2 saturated carbocycles. The van der Waals surface area contributed by atoms with Crippen molar-refractivity contribution in [2.24, 2.45) is 17.8 Å². The lowest BCUT2D eigenvalue weighted by Gasteiger charge is -2.33. The van der Waals surface area contributed by atoms with E-state index in [9.17, 15) is 27.6 Å². The Bertz CT molecular complexity index is 1980. The molecule has 3 fully saturated rings. The Balaban J connectivity index is 0.00000300. The van der Waals surface area contributed by atoms with Crippen LogP contribution < -0.4 is 24.8 Å². The average molecular weight is 789 g/mol. The number of sulfonamides is 1. The zero-order chi connectivity index (χ0) is 39.9. The molecule has 0 radical (unpaired) electrons. The normalized spacial score (nSPS) is 30.1. The number of nitrogens with zero attached hydrogens (tertiary/aromatic N) is 3. The van der Waals surface area contributed by atoms with E-state index in [1.54, 1.807) is 27.7 Å². The molecule has 55 heavy (non-hydrogen) atoms. The molecular formula is C39H60N6O9S. The Morgan fingerprint density at radius 2 is 1.75 bits per heavy atom. The number of hydrogen-bond acceptors (Lipinski definition) is 11. The number of hydrogen-bond donors (Lipinski definition) is 3. The second-order valence-corrected chi connectivity index (χ2v) is 19.1. The smallest absolute Gasteiger partial charge is 0.408 e. The number of amides is 4. The third kappa shape index (κ3) is 8.68. The molecule has 2 aliphatic carbocycles. The van der Waals surface area contributed by atoms with Crippen LogP contribution >= 0.6 is 0 Å². The molecule has 3 heterocycles. The minimum atomic E-state index is -4.00. The van der Waals surface area contributed by atoms with Gasteiger partial charge in [-0.1, -0.05) is 38.1 Å². The van der Waals surface area contributed by atoms with Crippen molar-refractivity contribution < 1.29 is 46.1 Å². The third-order valence-corrected chi connectivity index (χ3v) is 13.3. The molecule has 2 aliphatic heterocycles. The molecule has 0 spiro atoms. The van der Waals surface area contributed by atoms with Gasteiger partial charge in [0.05, 0.1) is 28.7 Å². The van der Waals surface area contributed by atoms with Crippen molar-refractivity contribution in [1.82, 2.24) is 30.5 Å². The zero-order valence-corrected chi connectivity index (χ0v) is 33.5. The highest BCUT2D eigenvalue weighted by molar-refractivity contribution is 7.91. The number of rotatable bonds is 8. The molecule has 306 valence electrons. The standard InChI is InChI=1S/C39H54N6O9S.3H2/c1-8-52-32-27-15-11-12-16-28(27)33(43-42-32)53-26-20-29-31(46)41-39(35(48)44-55(50,51)38(7)17-18-38)21-25(39)14-10-9-13-23(2)19-24(3)30(34(47)45(29)22-26)40-36(49)54-37(4,5)6;;;/h10-12,14-16,23-26,29-30H,8-9,13,17-22H2,1-7H3,(H,40,49)(H,41,46)(H,44,48);3*1H/b14-10-;;;/t23-,24-,25-,26-,29+,30+,39-;;;/m1.../s1. The summed E-state index contributed by atoms with van der Waals surface area (Å²) >= 11 is 0. The molecule has 7 atom stereocenters. The van der Waals surface area contributed by atoms with Gasteiger partial charge in [0.25, 0.3) is 5.91 Å². The van der Waals surface area contributed by atoms with Crippen LogP contribution in [0.2, 0.25) is 0 Å². The summed E-state index contributed by atoms with van der Waals surface area (Å²) in [6, 6.07) is 5.11. The molecule has 1 saturated heterocycles. The number of nitrogens with one attached hydrogen (secondary N) is 3. The van der Waals surface area contributed by atoms with Gasteiger partial charge in [0.1, 0.15) is 29.3 Å². The summed E-state index contributed by atoms with van der Waals surface area (Å²) < 4.78 is 45.3. The fourth-order valence-corrected chi connectivity index (χ4v) is 8.89. The minimum Gasteiger partial charge on any atom is -0.476 e. The number of fused-ring (bicyclic) bond motifs is 3. The summed E-state index contributed by atoms with van der Waals surface area (Å²) in [5.74, 6) is -2.10. The number of carbonyl (C=O) groups is 4. The summed E-state index contributed by atoms with van der Waals surface area (Å²) in [6.45, 7) is 12.9. The predicted molar refractivity (Wildman–Crippen MR) is 210 cm³/mol. The molecular weight excluding hydrogens is 729 g/mol. The monoisotopic (exact) mass is 788 g/mol. The van der Waals surface area contributed by atoms with E-state index in [0.29, 0.717) is 48.9 Å². The Kier molecular flexibility index (Phi) is 11.1. The van der Waals surface area contributed by atoms with E-state index in [1.807, 2.05) is 50.3 Å². The van der Waals surface area contributed by atoms with Crippen LogP contribution in [0.15, 0.2) is 36.4 Å². The molecule has 1 aromatic heterocycles. The maximum atomic E-state index is 14.8. The van der Waals surface area contributed by atoms with Crippen LogP contribution in [0.1, 0.15) is 97.7 Å². The molecule has 1 aromatic carbocycles. The Morgan fingerprint density at radius 1 is 1.07 bits per heavy atom. The van der Waals surface area contributed by atoms with Crippen LogP contribution in [0, 0.1) is 17.8 Å². The number of allylic oxidation sites excluding steroid dienone is 1. The second kappa shape index (κ2) is 15.2. The molecule has 16 heteroatoms. The highest BCUT2D eigenvalue weighted by atomic mass is 32.2. The fraction of sp³-hybridized carbons (Fsp3) is 0.641. The minimum absolute atomic E-state index is 0. The van der Waals surface area contributed by atoms with Gasteiger partial charge in [-0.3, -0.25) is 19.1 Å². The maximum absolute atomic E-state index is 14.8. The van der Waals surface area contributed by atoms with Gasteiger partial charge < -0.3 is 29.7 Å². The molecule has 4 amide bonds. The van der Waals surface area contributed by atoms with Gasteiger partial charge in [0.15, 0.2) is 0 Å². The van der Waals surface area contributed by atoms with Crippen molar-refractivity contribution in [3.8, 4) is 11.8 Å². The Hall–Kier alpha value is -4.47. The van der Waals surface area contributed by atoms with Crippen molar-refractivity contribution in [3.63, 3.8) is 0 Å². The molecule has 2 aromatic rings. The first-order chi connectivity index (χ1) is 25.9. The van der Waals surface area contributed by atoms with E-state index < -0.39 is 73.8 Å². The van der Waals surface area contributed by atoms with E-state index in [1.165, 1.54) is 4.90 Å². The number of carbonyl (C=O) groups excluding carboxylic acids is 4. The number of benzene rings is 1. The van der Waals surface area contributed by atoms with Gasteiger partial charge in [-0.2, -0.15) is 0 Å². The average Bonchev–Trinajstić information content (AvgIpc) is 3.99. The molecule has 4 aliphatic rings. The number of aromatic nitrogens is 2. The number of ether oxygens (including phenoxy) is 3. The quantitative estimate of drug-likeness (QED) is 0.308. The first-order valence-corrected chi connectivity index (χ1v) is 20.7. The zero-order valence-electron chi connectivity index (χ0n) is 32.7. The number of alkyl carbamates (subject to hydrolysis) is 1. The Labute approximate surface area is 327 Å². The Morgan fingerprint density at radius 3 is 2.40 bits per heavy atom. The van der Waals surface area contributed by atoms with E-state index >= 15 is 0 Å².